The number of carbonyl (C=O) groups excluding carboxylic acids is 2. The molecule has 4 rings (SSSR count). The summed E-state index contributed by atoms with van der Waals surface area (Å²) >= 11 is 0. The summed E-state index contributed by atoms with van der Waals surface area (Å²) in [4.78, 5) is 28.4. The zero-order valence-electron chi connectivity index (χ0n) is 19.6. The molecule has 0 radical (unpaired) electrons. The summed E-state index contributed by atoms with van der Waals surface area (Å²) < 4.78 is 7.96. The van der Waals surface area contributed by atoms with Gasteiger partial charge in [0, 0.05) is 23.3 Å². The van der Waals surface area contributed by atoms with Crippen LogP contribution in [0.1, 0.15) is 42.3 Å². The van der Waals surface area contributed by atoms with Crippen molar-refractivity contribution in [3.63, 3.8) is 0 Å². The molecule has 174 valence electrons. The Morgan fingerprint density at radius 1 is 1.09 bits per heavy atom. The zero-order chi connectivity index (χ0) is 24.5. The molecule has 0 saturated carbocycles. The molecule has 2 heterocycles. The van der Waals surface area contributed by atoms with Gasteiger partial charge >= 0.3 is 0 Å². The lowest BCUT2D eigenvalue weighted by molar-refractivity contribution is -0.115. The minimum atomic E-state index is -0.513. The van der Waals surface area contributed by atoms with E-state index in [1.54, 1.807) is 36.7 Å². The Balaban J connectivity index is 1.48. The highest BCUT2D eigenvalue weighted by molar-refractivity contribution is 5.98. The molecule has 0 fully saturated rings. The molecule has 8 heteroatoms. The van der Waals surface area contributed by atoms with Gasteiger partial charge in [-0.05, 0) is 69.2 Å². The number of amides is 2. The largest absolute Gasteiger partial charge is 0.456 e. The van der Waals surface area contributed by atoms with Gasteiger partial charge in [-0.25, -0.2) is 0 Å². The first-order valence-electron chi connectivity index (χ1n) is 10.9. The van der Waals surface area contributed by atoms with Gasteiger partial charge in [-0.15, -0.1) is 0 Å². The van der Waals surface area contributed by atoms with Gasteiger partial charge in [-0.2, -0.15) is 5.10 Å². The second-order valence-corrected chi connectivity index (χ2v) is 9.18. The Hall–Kier alpha value is -4.20. The third-order valence-electron chi connectivity index (χ3n) is 5.36. The number of carbonyl (C=O) groups is 2. The van der Waals surface area contributed by atoms with E-state index in [4.69, 9.17) is 10.5 Å². The van der Waals surface area contributed by atoms with Crippen molar-refractivity contribution >= 4 is 28.4 Å². The van der Waals surface area contributed by atoms with Crippen molar-refractivity contribution in [1.82, 2.24) is 14.8 Å². The second kappa shape index (κ2) is 8.97. The van der Waals surface area contributed by atoms with Crippen LogP contribution in [0.5, 0.6) is 11.5 Å². The fourth-order valence-corrected chi connectivity index (χ4v) is 3.56. The summed E-state index contributed by atoms with van der Waals surface area (Å²) in [7, 11) is 0. The molecule has 0 saturated heterocycles. The van der Waals surface area contributed by atoms with Crippen molar-refractivity contribution in [1.29, 1.82) is 0 Å². The van der Waals surface area contributed by atoms with E-state index >= 15 is 0 Å². The van der Waals surface area contributed by atoms with Crippen LogP contribution in [0.15, 0.2) is 61.1 Å². The molecular formula is C26H27N5O3. The summed E-state index contributed by atoms with van der Waals surface area (Å²) in [5.74, 6) is 0.576. The van der Waals surface area contributed by atoms with Crippen LogP contribution >= 0.6 is 0 Å². The molecular weight excluding hydrogens is 430 g/mol. The number of fused-ring (bicyclic) bond motifs is 1. The Labute approximate surface area is 197 Å². The van der Waals surface area contributed by atoms with Crippen LogP contribution < -0.4 is 15.8 Å². The number of nitrogens with two attached hydrogens (primary N) is 1. The lowest BCUT2D eigenvalue weighted by Crippen LogP contribution is -2.22. The van der Waals surface area contributed by atoms with E-state index in [2.05, 4.69) is 15.4 Å². The highest BCUT2D eigenvalue weighted by Gasteiger charge is 2.15. The first kappa shape index (κ1) is 23.0. The normalized spacial score (nSPS) is 11.4. The van der Waals surface area contributed by atoms with E-state index in [-0.39, 0.29) is 17.9 Å². The number of benzene rings is 2. The first-order valence-corrected chi connectivity index (χ1v) is 10.9. The molecule has 8 nitrogen and oxygen atoms in total. The number of hydrogen-bond donors (Lipinski definition) is 2. The van der Waals surface area contributed by atoms with Crippen molar-refractivity contribution in [2.24, 2.45) is 5.73 Å². The number of anilines is 1. The van der Waals surface area contributed by atoms with E-state index < -0.39 is 5.91 Å². The maximum absolute atomic E-state index is 12.5. The predicted octanol–water partition coefficient (Wildman–Crippen LogP) is 4.57. The van der Waals surface area contributed by atoms with Gasteiger partial charge in [0.15, 0.2) is 0 Å². The fourth-order valence-electron chi connectivity index (χ4n) is 3.56. The number of hydrogen-bond acceptors (Lipinski definition) is 5. The van der Waals surface area contributed by atoms with Gasteiger partial charge in [0.25, 0.3) is 0 Å². The second-order valence-electron chi connectivity index (χ2n) is 9.18. The lowest BCUT2D eigenvalue weighted by Gasteiger charge is -2.18. The molecule has 4 aromatic rings. The molecule has 2 aromatic carbocycles. The molecule has 0 atom stereocenters. The van der Waals surface area contributed by atoms with Crippen molar-refractivity contribution in [2.45, 2.75) is 39.7 Å². The molecule has 2 amide bonds. The fraction of sp³-hybridized carbons (Fsp3) is 0.231. The number of ether oxygens (including phenoxy) is 1. The minimum Gasteiger partial charge on any atom is -0.456 e. The molecule has 0 unspecified atom stereocenters. The van der Waals surface area contributed by atoms with Crippen LogP contribution in [0.3, 0.4) is 0 Å². The van der Waals surface area contributed by atoms with Gasteiger partial charge in [0.05, 0.1) is 29.4 Å². The summed E-state index contributed by atoms with van der Waals surface area (Å²) in [6, 6.07) is 12.4. The van der Waals surface area contributed by atoms with E-state index in [1.807, 2.05) is 56.8 Å². The van der Waals surface area contributed by atoms with Gasteiger partial charge < -0.3 is 15.8 Å². The number of nitrogens with zero attached hydrogens (tertiary/aromatic N) is 3. The number of pyridine rings is 1. The standard InChI is InChI=1S/C26H27N5O3/c1-16-11-17(12-24(32)30-19-14-29-31(15-19)26(2,3)4)5-8-22(16)34-23-9-10-28-21-7-6-18(25(27)33)13-20(21)23/h5-11,13-15H,12H2,1-4H3,(H2,27,33)(H,30,32). The highest BCUT2D eigenvalue weighted by atomic mass is 16.5. The average Bonchev–Trinajstić information content (AvgIpc) is 3.24. The van der Waals surface area contributed by atoms with Crippen LogP contribution in [-0.2, 0) is 16.8 Å². The summed E-state index contributed by atoms with van der Waals surface area (Å²) in [5, 5.41) is 7.89. The van der Waals surface area contributed by atoms with Crippen LogP contribution in [0, 0.1) is 6.92 Å². The molecule has 0 aliphatic heterocycles. The first-order chi connectivity index (χ1) is 16.1. The number of aryl methyl sites for hydroxylation is 1. The van der Waals surface area contributed by atoms with Crippen molar-refractivity contribution in [2.75, 3.05) is 5.32 Å². The third kappa shape index (κ3) is 5.06. The molecule has 0 spiro atoms. The SMILES string of the molecule is Cc1cc(CC(=O)Nc2cnn(C(C)(C)C)c2)ccc1Oc1ccnc2ccc(C(N)=O)cc12. The number of aromatic nitrogens is 3. The van der Waals surface area contributed by atoms with E-state index in [1.165, 1.54) is 0 Å². The number of nitrogens with one attached hydrogen (secondary N) is 1. The predicted molar refractivity (Wildman–Crippen MR) is 131 cm³/mol. The summed E-state index contributed by atoms with van der Waals surface area (Å²) in [6.07, 6.45) is 5.34. The highest BCUT2D eigenvalue weighted by Crippen LogP contribution is 2.31. The molecule has 34 heavy (non-hydrogen) atoms. The molecule has 2 aromatic heterocycles. The van der Waals surface area contributed by atoms with E-state index in [9.17, 15) is 9.59 Å². The van der Waals surface area contributed by atoms with Gasteiger partial charge in [-0.1, -0.05) is 12.1 Å². The van der Waals surface area contributed by atoms with Gasteiger partial charge in [0.1, 0.15) is 11.5 Å². The number of rotatable bonds is 6. The van der Waals surface area contributed by atoms with Crippen LogP contribution in [-0.4, -0.2) is 26.6 Å². The van der Waals surface area contributed by atoms with Crippen molar-refractivity contribution < 1.29 is 14.3 Å². The maximum Gasteiger partial charge on any atom is 0.248 e. The van der Waals surface area contributed by atoms with Crippen molar-refractivity contribution in [3.05, 3.63) is 77.7 Å². The van der Waals surface area contributed by atoms with E-state index in [0.29, 0.717) is 33.7 Å². The monoisotopic (exact) mass is 457 g/mol. The lowest BCUT2D eigenvalue weighted by atomic mass is 10.1. The van der Waals surface area contributed by atoms with E-state index in [0.717, 1.165) is 11.1 Å². The molecule has 0 aliphatic rings. The Morgan fingerprint density at radius 3 is 2.56 bits per heavy atom. The smallest absolute Gasteiger partial charge is 0.248 e. The van der Waals surface area contributed by atoms with Crippen LogP contribution in [0.4, 0.5) is 5.69 Å². The average molecular weight is 458 g/mol. The van der Waals surface area contributed by atoms with Crippen molar-refractivity contribution in [3.8, 4) is 11.5 Å². The summed E-state index contributed by atoms with van der Waals surface area (Å²) in [5.41, 5.74) is 8.75. The Morgan fingerprint density at radius 2 is 1.88 bits per heavy atom. The Bertz CT molecular complexity index is 1380. The number of primary amides is 1. The molecule has 0 bridgehead atoms. The zero-order valence-corrected chi connectivity index (χ0v) is 19.6. The maximum atomic E-state index is 12.5. The molecule has 0 aliphatic carbocycles. The quantitative estimate of drug-likeness (QED) is 0.441. The van der Waals surface area contributed by atoms with Gasteiger partial charge in [0.2, 0.25) is 11.8 Å². The minimum absolute atomic E-state index is 0.124. The van der Waals surface area contributed by atoms with Crippen LogP contribution in [0.2, 0.25) is 0 Å². The van der Waals surface area contributed by atoms with Crippen LogP contribution in [0.25, 0.3) is 10.9 Å². The Kier molecular flexibility index (Phi) is 6.06. The van der Waals surface area contributed by atoms with Gasteiger partial charge in [-0.3, -0.25) is 19.3 Å². The topological polar surface area (TPSA) is 112 Å². The molecule has 3 N–H and O–H groups in total. The summed E-state index contributed by atoms with van der Waals surface area (Å²) in [6.45, 7) is 8.05. The third-order valence-corrected chi connectivity index (χ3v) is 5.36.